The lowest BCUT2D eigenvalue weighted by Gasteiger charge is -2.35. The van der Waals surface area contributed by atoms with Crippen molar-refractivity contribution in [2.75, 3.05) is 38.9 Å². The second-order valence-corrected chi connectivity index (χ2v) is 10.6. The van der Waals surface area contributed by atoms with Gasteiger partial charge >= 0.3 is 0 Å². The fourth-order valence-electron chi connectivity index (χ4n) is 5.74. The van der Waals surface area contributed by atoms with E-state index in [1.807, 2.05) is 23.2 Å². The number of H-pyrrole nitrogens is 1. The van der Waals surface area contributed by atoms with E-state index < -0.39 is 5.54 Å². The average Bonchev–Trinajstić information content (AvgIpc) is 3.54. The molecule has 1 amide bonds. The molecule has 9 heteroatoms. The summed E-state index contributed by atoms with van der Waals surface area (Å²) >= 11 is 0. The van der Waals surface area contributed by atoms with Gasteiger partial charge in [-0.25, -0.2) is 9.97 Å². The number of carbonyl (C=O) groups is 1. The standard InChI is InChI=1S/C30H33N5O4/c1-18-17-39-14-13-34(18)28-22-16-35(29(36)19-9-10-24(37-4)25(15-19)38-5)30(2,3)26(22)32-27(33-28)21-7-6-8-23-20(21)11-12-31-23/h6-12,15,18,31H,13-14,16-17H2,1-5H3. The highest BCUT2D eigenvalue weighted by Crippen LogP contribution is 2.44. The van der Waals surface area contributed by atoms with E-state index in [-0.39, 0.29) is 11.9 Å². The number of hydrogen-bond donors (Lipinski definition) is 1. The van der Waals surface area contributed by atoms with Gasteiger partial charge in [-0.2, -0.15) is 0 Å². The van der Waals surface area contributed by atoms with Crippen molar-refractivity contribution in [3.63, 3.8) is 0 Å². The monoisotopic (exact) mass is 527 g/mol. The van der Waals surface area contributed by atoms with Gasteiger partial charge in [0.25, 0.3) is 5.91 Å². The van der Waals surface area contributed by atoms with Crippen LogP contribution in [0.4, 0.5) is 5.82 Å². The number of aromatic amines is 1. The van der Waals surface area contributed by atoms with Gasteiger partial charge in [0, 0.05) is 40.3 Å². The van der Waals surface area contributed by atoms with Crippen molar-refractivity contribution in [1.29, 1.82) is 0 Å². The van der Waals surface area contributed by atoms with Crippen molar-refractivity contribution in [3.8, 4) is 22.9 Å². The van der Waals surface area contributed by atoms with Crippen LogP contribution < -0.4 is 14.4 Å². The number of methoxy groups -OCH3 is 2. The van der Waals surface area contributed by atoms with Gasteiger partial charge in [0.15, 0.2) is 17.3 Å². The number of anilines is 1. The van der Waals surface area contributed by atoms with E-state index in [1.54, 1.807) is 32.4 Å². The molecule has 1 saturated heterocycles. The van der Waals surface area contributed by atoms with Crippen LogP contribution in [0.15, 0.2) is 48.7 Å². The number of morpholine rings is 1. The summed E-state index contributed by atoms with van der Waals surface area (Å²) < 4.78 is 16.6. The van der Waals surface area contributed by atoms with Gasteiger partial charge in [-0.15, -0.1) is 0 Å². The fraction of sp³-hybridized carbons (Fsp3) is 0.367. The molecule has 0 radical (unpaired) electrons. The Bertz CT molecular complexity index is 1560. The van der Waals surface area contributed by atoms with Crippen LogP contribution in [0.1, 0.15) is 42.4 Å². The number of rotatable bonds is 5. The Morgan fingerprint density at radius 3 is 2.69 bits per heavy atom. The van der Waals surface area contributed by atoms with E-state index in [0.29, 0.717) is 42.6 Å². The zero-order chi connectivity index (χ0) is 27.3. The molecule has 2 aromatic heterocycles. The third-order valence-corrected chi connectivity index (χ3v) is 7.91. The molecule has 2 aromatic carbocycles. The minimum absolute atomic E-state index is 0.103. The quantitative estimate of drug-likeness (QED) is 0.400. The molecule has 1 unspecified atom stereocenters. The van der Waals surface area contributed by atoms with E-state index >= 15 is 0 Å². The summed E-state index contributed by atoms with van der Waals surface area (Å²) in [4.78, 5) is 31.8. The molecule has 0 saturated carbocycles. The van der Waals surface area contributed by atoms with Gasteiger partial charge in [-0.05, 0) is 51.1 Å². The first-order valence-corrected chi connectivity index (χ1v) is 13.2. The molecule has 4 aromatic rings. The molecule has 1 N–H and O–H groups in total. The highest BCUT2D eigenvalue weighted by atomic mass is 16.5. The molecule has 2 aliphatic rings. The van der Waals surface area contributed by atoms with Gasteiger partial charge in [-0.3, -0.25) is 4.79 Å². The van der Waals surface area contributed by atoms with E-state index in [1.165, 1.54) is 0 Å². The van der Waals surface area contributed by atoms with E-state index in [9.17, 15) is 4.79 Å². The number of ether oxygens (including phenoxy) is 3. The minimum atomic E-state index is -0.673. The Kier molecular flexibility index (Phi) is 6.18. The molecule has 0 bridgehead atoms. The normalized spacial score (nSPS) is 18.3. The highest BCUT2D eigenvalue weighted by Gasteiger charge is 2.45. The van der Waals surface area contributed by atoms with Crippen LogP contribution in [0.2, 0.25) is 0 Å². The topological polar surface area (TPSA) is 92.8 Å². The first-order valence-electron chi connectivity index (χ1n) is 13.2. The predicted molar refractivity (Wildman–Crippen MR) is 149 cm³/mol. The Hall–Kier alpha value is -4.11. The van der Waals surface area contributed by atoms with Crippen molar-refractivity contribution >= 4 is 22.6 Å². The van der Waals surface area contributed by atoms with Crippen molar-refractivity contribution in [2.45, 2.75) is 38.9 Å². The Morgan fingerprint density at radius 1 is 1.10 bits per heavy atom. The van der Waals surface area contributed by atoms with E-state index in [2.05, 4.69) is 42.8 Å². The van der Waals surface area contributed by atoms with Crippen molar-refractivity contribution in [3.05, 3.63) is 65.5 Å². The van der Waals surface area contributed by atoms with Crippen LogP contribution in [0, 0.1) is 0 Å². The molecule has 1 atom stereocenters. The van der Waals surface area contributed by atoms with Gasteiger partial charge in [0.05, 0.1) is 51.3 Å². The first-order chi connectivity index (χ1) is 18.8. The van der Waals surface area contributed by atoms with Crippen LogP contribution in [0.5, 0.6) is 11.5 Å². The van der Waals surface area contributed by atoms with E-state index in [4.69, 9.17) is 24.2 Å². The van der Waals surface area contributed by atoms with Crippen molar-refractivity contribution < 1.29 is 19.0 Å². The molecular formula is C30H33N5O4. The molecule has 0 aliphatic carbocycles. The number of hydrogen-bond acceptors (Lipinski definition) is 7. The Labute approximate surface area is 227 Å². The average molecular weight is 528 g/mol. The number of carbonyl (C=O) groups excluding carboxylic acids is 1. The third-order valence-electron chi connectivity index (χ3n) is 7.91. The molecule has 39 heavy (non-hydrogen) atoms. The fourth-order valence-corrected chi connectivity index (χ4v) is 5.74. The van der Waals surface area contributed by atoms with E-state index in [0.717, 1.165) is 40.1 Å². The zero-order valence-corrected chi connectivity index (χ0v) is 22.9. The largest absolute Gasteiger partial charge is 0.493 e. The molecule has 1 fully saturated rings. The smallest absolute Gasteiger partial charge is 0.255 e. The van der Waals surface area contributed by atoms with Crippen molar-refractivity contribution in [1.82, 2.24) is 19.9 Å². The summed E-state index contributed by atoms with van der Waals surface area (Å²) in [5.41, 5.74) is 3.69. The maximum atomic E-state index is 14.0. The second kappa shape index (κ2) is 9.57. The number of nitrogens with one attached hydrogen (secondary N) is 1. The molecule has 0 spiro atoms. The SMILES string of the molecule is COc1ccc(C(=O)N2Cc3c(N4CCOCC4C)nc(-c4cccc5[nH]ccc45)nc3C2(C)C)cc1OC. The molecule has 2 aliphatic heterocycles. The van der Waals surface area contributed by atoms with Crippen LogP contribution in [-0.4, -0.2) is 65.8 Å². The Morgan fingerprint density at radius 2 is 1.92 bits per heavy atom. The maximum absolute atomic E-state index is 14.0. The van der Waals surface area contributed by atoms with Gasteiger partial charge in [0.1, 0.15) is 5.82 Å². The highest BCUT2D eigenvalue weighted by molar-refractivity contribution is 5.96. The Balaban J connectivity index is 1.49. The maximum Gasteiger partial charge on any atom is 0.255 e. The van der Waals surface area contributed by atoms with Crippen LogP contribution in [0.25, 0.3) is 22.3 Å². The van der Waals surface area contributed by atoms with Gasteiger partial charge in [0.2, 0.25) is 0 Å². The molecule has 9 nitrogen and oxygen atoms in total. The predicted octanol–water partition coefficient (Wildman–Crippen LogP) is 4.76. The lowest BCUT2D eigenvalue weighted by atomic mass is 9.98. The van der Waals surface area contributed by atoms with Crippen LogP contribution >= 0.6 is 0 Å². The lowest BCUT2D eigenvalue weighted by molar-refractivity contribution is 0.0570. The molecule has 6 rings (SSSR count). The van der Waals surface area contributed by atoms with Gasteiger partial charge in [-0.1, -0.05) is 12.1 Å². The zero-order valence-electron chi connectivity index (χ0n) is 22.9. The number of nitrogens with zero attached hydrogens (tertiary/aromatic N) is 4. The van der Waals surface area contributed by atoms with Gasteiger partial charge < -0.3 is 29.0 Å². The van der Waals surface area contributed by atoms with Crippen LogP contribution in [-0.2, 0) is 16.8 Å². The summed E-state index contributed by atoms with van der Waals surface area (Å²) in [7, 11) is 3.15. The summed E-state index contributed by atoms with van der Waals surface area (Å²) in [5, 5.41) is 1.06. The molecule has 202 valence electrons. The third kappa shape index (κ3) is 4.08. The second-order valence-electron chi connectivity index (χ2n) is 10.6. The number of benzene rings is 2. The molecular weight excluding hydrogens is 494 g/mol. The van der Waals surface area contributed by atoms with Crippen molar-refractivity contribution in [2.24, 2.45) is 0 Å². The summed E-state index contributed by atoms with van der Waals surface area (Å²) in [6, 6.07) is 13.6. The summed E-state index contributed by atoms with van der Waals surface area (Å²) in [6.45, 7) is 8.64. The minimum Gasteiger partial charge on any atom is -0.493 e. The number of fused-ring (bicyclic) bond motifs is 2. The summed E-state index contributed by atoms with van der Waals surface area (Å²) in [5.74, 6) is 2.52. The van der Waals surface area contributed by atoms with Crippen LogP contribution in [0.3, 0.4) is 0 Å². The lowest BCUT2D eigenvalue weighted by Crippen LogP contribution is -2.44. The first kappa shape index (κ1) is 25.2. The molecule has 4 heterocycles. The summed E-state index contributed by atoms with van der Waals surface area (Å²) in [6.07, 6.45) is 1.93. The number of amides is 1. The number of aromatic nitrogens is 3.